The molecule has 0 aliphatic carbocycles. The van der Waals surface area contributed by atoms with Gasteiger partial charge in [0.1, 0.15) is 5.82 Å². The Morgan fingerprint density at radius 3 is 2.90 bits per heavy atom. The maximum Gasteiger partial charge on any atom is 0.224 e. The van der Waals surface area contributed by atoms with Crippen molar-refractivity contribution in [3.63, 3.8) is 0 Å². The summed E-state index contributed by atoms with van der Waals surface area (Å²) in [6.45, 7) is 5.65. The first kappa shape index (κ1) is 20.2. The fourth-order valence-corrected chi connectivity index (χ4v) is 2.48. The van der Waals surface area contributed by atoms with Crippen LogP contribution in [0.4, 0.5) is 0 Å². The molecule has 1 atom stereocenters. The predicted molar refractivity (Wildman–Crippen MR) is 89.3 cm³/mol. The smallest absolute Gasteiger partial charge is 0.224 e. The largest absolute Gasteiger partial charge is 0.356 e. The van der Waals surface area contributed by atoms with Gasteiger partial charge in [-0.15, -0.1) is 24.8 Å². The second kappa shape index (κ2) is 10.9. The highest BCUT2D eigenvalue weighted by Gasteiger charge is 2.19. The van der Waals surface area contributed by atoms with Crippen molar-refractivity contribution in [3.8, 4) is 0 Å². The summed E-state index contributed by atoms with van der Waals surface area (Å²) >= 11 is 0. The molecule has 2 N–H and O–H groups in total. The molecule has 1 aliphatic heterocycles. The minimum atomic E-state index is 0. The molecule has 0 spiro atoms. The first-order valence-electron chi connectivity index (χ1n) is 7.23. The van der Waals surface area contributed by atoms with Gasteiger partial charge in [-0.3, -0.25) is 4.79 Å². The number of hydrogen-bond donors (Lipinski definition) is 2. The lowest BCUT2D eigenvalue weighted by Crippen LogP contribution is -2.40. The van der Waals surface area contributed by atoms with Crippen molar-refractivity contribution >= 4 is 30.7 Å². The normalized spacial score (nSPS) is 17.5. The van der Waals surface area contributed by atoms with Crippen molar-refractivity contribution in [1.29, 1.82) is 0 Å². The van der Waals surface area contributed by atoms with Gasteiger partial charge in [0.05, 0.1) is 5.92 Å². The van der Waals surface area contributed by atoms with E-state index in [2.05, 4.69) is 20.2 Å². The Labute approximate surface area is 139 Å². The lowest BCUT2D eigenvalue weighted by Gasteiger charge is -2.21. The van der Waals surface area contributed by atoms with Gasteiger partial charge in [-0.2, -0.15) is 0 Å². The second-order valence-electron chi connectivity index (χ2n) is 5.21. The van der Waals surface area contributed by atoms with Gasteiger partial charge in [0, 0.05) is 32.0 Å². The molecule has 21 heavy (non-hydrogen) atoms. The summed E-state index contributed by atoms with van der Waals surface area (Å²) in [6, 6.07) is 0. The molecule has 1 saturated heterocycles. The summed E-state index contributed by atoms with van der Waals surface area (Å²) in [5, 5.41) is 6.31. The van der Waals surface area contributed by atoms with Crippen molar-refractivity contribution in [3.05, 3.63) is 18.2 Å². The fraction of sp³-hybridized carbons (Fsp3) is 0.714. The summed E-state index contributed by atoms with van der Waals surface area (Å²) in [5.74, 6) is 1.44. The average Bonchev–Trinajstić information content (AvgIpc) is 2.85. The predicted octanol–water partition coefficient (Wildman–Crippen LogP) is 1.93. The van der Waals surface area contributed by atoms with Gasteiger partial charge in [-0.1, -0.05) is 0 Å². The lowest BCUT2D eigenvalue weighted by atomic mass is 9.99. The highest BCUT2D eigenvalue weighted by molar-refractivity contribution is 5.85. The number of imidazole rings is 1. The zero-order valence-corrected chi connectivity index (χ0v) is 14.1. The molecule has 0 bridgehead atoms. The van der Waals surface area contributed by atoms with E-state index in [1.165, 1.54) is 0 Å². The summed E-state index contributed by atoms with van der Waals surface area (Å²) in [7, 11) is 0. The summed E-state index contributed by atoms with van der Waals surface area (Å²) in [6.07, 6.45) is 8.05. The topological polar surface area (TPSA) is 59.0 Å². The molecule has 7 heteroatoms. The van der Waals surface area contributed by atoms with E-state index >= 15 is 0 Å². The number of halogens is 2. The molecule has 1 amide bonds. The number of rotatable bonds is 6. The molecule has 0 radical (unpaired) electrons. The van der Waals surface area contributed by atoms with Crippen LogP contribution in [0.25, 0.3) is 0 Å². The zero-order chi connectivity index (χ0) is 13.5. The number of nitrogens with one attached hydrogen (secondary N) is 2. The number of carbonyl (C=O) groups excluding carboxylic acids is 1. The number of aromatic nitrogens is 2. The number of amides is 1. The Bertz CT molecular complexity index is 405. The first-order chi connectivity index (χ1) is 9.27. The van der Waals surface area contributed by atoms with Crippen molar-refractivity contribution in [2.45, 2.75) is 39.2 Å². The Kier molecular flexibility index (Phi) is 10.5. The monoisotopic (exact) mass is 336 g/mol. The third-order valence-corrected chi connectivity index (χ3v) is 3.72. The molecule has 1 aliphatic rings. The zero-order valence-electron chi connectivity index (χ0n) is 12.5. The number of hydrogen-bond acceptors (Lipinski definition) is 3. The second-order valence-corrected chi connectivity index (χ2v) is 5.21. The molecule has 122 valence electrons. The Hall–Kier alpha value is -0.780. The van der Waals surface area contributed by atoms with Crippen LogP contribution < -0.4 is 10.6 Å². The van der Waals surface area contributed by atoms with E-state index in [1.807, 2.05) is 19.3 Å². The van der Waals surface area contributed by atoms with E-state index in [4.69, 9.17) is 0 Å². The lowest BCUT2D eigenvalue weighted by molar-refractivity contribution is -0.125. The summed E-state index contributed by atoms with van der Waals surface area (Å²) in [4.78, 5) is 16.1. The van der Waals surface area contributed by atoms with Crippen LogP contribution in [0.3, 0.4) is 0 Å². The SMILES string of the molecule is Cc1nccn1CCCCNC(=O)C1CCCNC1.Cl.Cl. The Morgan fingerprint density at radius 1 is 1.48 bits per heavy atom. The van der Waals surface area contributed by atoms with E-state index in [1.54, 1.807) is 0 Å². The molecule has 0 aromatic carbocycles. The van der Waals surface area contributed by atoms with Gasteiger partial charge in [-0.25, -0.2) is 4.98 Å². The molecule has 1 aromatic heterocycles. The van der Waals surface area contributed by atoms with Crippen LogP contribution >= 0.6 is 24.8 Å². The standard InChI is InChI=1S/C14H24N4O.2ClH/c1-12-16-8-10-18(12)9-3-2-7-17-14(19)13-5-4-6-15-11-13;;/h8,10,13,15H,2-7,9,11H2,1H3,(H,17,19);2*1H. The van der Waals surface area contributed by atoms with Gasteiger partial charge < -0.3 is 15.2 Å². The van der Waals surface area contributed by atoms with Gasteiger partial charge in [0.15, 0.2) is 0 Å². The molecule has 5 nitrogen and oxygen atoms in total. The van der Waals surface area contributed by atoms with Crippen LogP contribution in [0.2, 0.25) is 0 Å². The average molecular weight is 337 g/mol. The van der Waals surface area contributed by atoms with E-state index in [9.17, 15) is 4.79 Å². The van der Waals surface area contributed by atoms with Crippen molar-refractivity contribution in [1.82, 2.24) is 20.2 Å². The summed E-state index contributed by atoms with van der Waals surface area (Å²) < 4.78 is 2.15. The highest BCUT2D eigenvalue weighted by atomic mass is 35.5. The van der Waals surface area contributed by atoms with Gasteiger partial charge in [0.2, 0.25) is 5.91 Å². The van der Waals surface area contributed by atoms with E-state index in [0.29, 0.717) is 0 Å². The quantitative estimate of drug-likeness (QED) is 0.780. The van der Waals surface area contributed by atoms with E-state index < -0.39 is 0 Å². The van der Waals surface area contributed by atoms with Gasteiger partial charge in [-0.05, 0) is 39.2 Å². The van der Waals surface area contributed by atoms with Crippen molar-refractivity contribution in [2.24, 2.45) is 5.92 Å². The first-order valence-corrected chi connectivity index (χ1v) is 7.23. The maximum absolute atomic E-state index is 11.9. The van der Waals surface area contributed by atoms with Crippen LogP contribution in [0.1, 0.15) is 31.5 Å². The Balaban J connectivity index is 0.00000200. The van der Waals surface area contributed by atoms with Gasteiger partial charge in [0.25, 0.3) is 0 Å². The third kappa shape index (κ3) is 6.68. The summed E-state index contributed by atoms with van der Waals surface area (Å²) in [5.41, 5.74) is 0. The van der Waals surface area contributed by atoms with Crippen LogP contribution in [0.5, 0.6) is 0 Å². The molecule has 1 aromatic rings. The molecule has 2 rings (SSSR count). The maximum atomic E-state index is 11.9. The van der Waals surface area contributed by atoms with Gasteiger partial charge >= 0.3 is 0 Å². The molecule has 2 heterocycles. The third-order valence-electron chi connectivity index (χ3n) is 3.72. The van der Waals surface area contributed by atoms with E-state index in [-0.39, 0.29) is 36.6 Å². The Morgan fingerprint density at radius 2 is 2.29 bits per heavy atom. The molecular formula is C14H26Cl2N4O. The molecule has 0 saturated carbocycles. The van der Waals surface area contributed by atoms with Crippen molar-refractivity contribution < 1.29 is 4.79 Å². The number of unbranched alkanes of at least 4 members (excludes halogenated alkanes) is 1. The number of piperidine rings is 1. The van der Waals surface area contributed by atoms with Crippen LogP contribution in [0.15, 0.2) is 12.4 Å². The van der Waals surface area contributed by atoms with Crippen molar-refractivity contribution in [2.75, 3.05) is 19.6 Å². The van der Waals surface area contributed by atoms with Crippen LogP contribution in [-0.2, 0) is 11.3 Å². The molecular weight excluding hydrogens is 311 g/mol. The number of nitrogens with zero attached hydrogens (tertiary/aromatic N) is 2. The minimum Gasteiger partial charge on any atom is -0.356 e. The number of aryl methyl sites for hydroxylation is 2. The fourth-order valence-electron chi connectivity index (χ4n) is 2.48. The van der Waals surface area contributed by atoms with E-state index in [0.717, 1.165) is 57.7 Å². The van der Waals surface area contributed by atoms with Crippen LogP contribution in [0, 0.1) is 12.8 Å². The number of carbonyl (C=O) groups is 1. The van der Waals surface area contributed by atoms with Crippen LogP contribution in [-0.4, -0.2) is 35.1 Å². The highest BCUT2D eigenvalue weighted by Crippen LogP contribution is 2.09. The minimum absolute atomic E-state index is 0. The molecule has 1 fully saturated rings. The molecule has 1 unspecified atom stereocenters.